The molecule has 1 aliphatic rings. The van der Waals surface area contributed by atoms with Crippen molar-refractivity contribution in [3.8, 4) is 0 Å². The van der Waals surface area contributed by atoms with Crippen molar-refractivity contribution in [2.45, 2.75) is 70.8 Å². The van der Waals surface area contributed by atoms with Crippen molar-refractivity contribution in [3.63, 3.8) is 0 Å². The molecular weight excluding hydrogens is 210 g/mol. The molecule has 0 heterocycles. The molecular formula is C15H31NO. The minimum Gasteiger partial charge on any atom is -0.385 e. The van der Waals surface area contributed by atoms with Gasteiger partial charge < -0.3 is 10.1 Å². The van der Waals surface area contributed by atoms with E-state index in [-0.39, 0.29) is 0 Å². The summed E-state index contributed by atoms with van der Waals surface area (Å²) in [7, 11) is 1.80. The number of hydrogen-bond acceptors (Lipinski definition) is 2. The first-order valence-electron chi connectivity index (χ1n) is 7.59. The molecule has 0 aromatic heterocycles. The van der Waals surface area contributed by atoms with E-state index in [2.05, 4.69) is 12.2 Å². The monoisotopic (exact) mass is 241 g/mol. The molecule has 1 atom stereocenters. The molecule has 102 valence electrons. The lowest BCUT2D eigenvalue weighted by atomic mass is 9.85. The lowest BCUT2D eigenvalue weighted by Crippen LogP contribution is -2.31. The normalized spacial score (nSPS) is 19.4. The van der Waals surface area contributed by atoms with Crippen molar-refractivity contribution in [1.82, 2.24) is 5.32 Å². The summed E-state index contributed by atoms with van der Waals surface area (Å²) in [5, 5.41) is 3.66. The van der Waals surface area contributed by atoms with E-state index in [4.69, 9.17) is 4.74 Å². The third-order valence-electron chi connectivity index (χ3n) is 4.00. The second kappa shape index (κ2) is 9.90. The lowest BCUT2D eigenvalue weighted by Gasteiger charge is -2.24. The predicted octanol–water partition coefficient (Wildman–Crippen LogP) is 3.75. The number of rotatable bonds is 9. The van der Waals surface area contributed by atoms with Gasteiger partial charge >= 0.3 is 0 Å². The van der Waals surface area contributed by atoms with E-state index in [1.807, 2.05) is 0 Å². The number of nitrogens with one attached hydrogen (secondary N) is 1. The molecule has 0 aromatic rings. The van der Waals surface area contributed by atoms with Gasteiger partial charge in [-0.05, 0) is 38.1 Å². The summed E-state index contributed by atoms with van der Waals surface area (Å²) in [5.41, 5.74) is 0. The second-order valence-electron chi connectivity index (χ2n) is 5.51. The molecule has 0 aliphatic heterocycles. The van der Waals surface area contributed by atoms with Crippen molar-refractivity contribution in [1.29, 1.82) is 0 Å². The fourth-order valence-electron chi connectivity index (χ4n) is 2.87. The third-order valence-corrected chi connectivity index (χ3v) is 4.00. The fraction of sp³-hybridized carbons (Fsp3) is 1.00. The average Bonchev–Trinajstić information content (AvgIpc) is 2.39. The van der Waals surface area contributed by atoms with Crippen molar-refractivity contribution < 1.29 is 4.74 Å². The first-order valence-corrected chi connectivity index (χ1v) is 7.59. The standard InChI is InChI=1S/C15H31NO/c1-3-12-16-15(11-13-17-2)10-9-14-7-5-4-6-8-14/h14-16H,3-13H2,1-2H3. The van der Waals surface area contributed by atoms with Crippen LogP contribution >= 0.6 is 0 Å². The van der Waals surface area contributed by atoms with E-state index in [1.54, 1.807) is 7.11 Å². The molecule has 1 aliphatic carbocycles. The molecule has 2 heteroatoms. The van der Waals surface area contributed by atoms with Gasteiger partial charge in [-0.2, -0.15) is 0 Å². The zero-order chi connectivity index (χ0) is 12.3. The predicted molar refractivity (Wildman–Crippen MR) is 74.4 cm³/mol. The minimum atomic E-state index is 0.678. The molecule has 1 saturated carbocycles. The number of hydrogen-bond donors (Lipinski definition) is 1. The molecule has 1 unspecified atom stereocenters. The van der Waals surface area contributed by atoms with Crippen molar-refractivity contribution >= 4 is 0 Å². The highest BCUT2D eigenvalue weighted by atomic mass is 16.5. The van der Waals surface area contributed by atoms with Crippen LogP contribution < -0.4 is 5.32 Å². The van der Waals surface area contributed by atoms with Gasteiger partial charge in [-0.15, -0.1) is 0 Å². The summed E-state index contributed by atoms with van der Waals surface area (Å²) in [5.74, 6) is 1.01. The highest BCUT2D eigenvalue weighted by molar-refractivity contribution is 4.72. The first kappa shape index (κ1) is 15.0. The van der Waals surface area contributed by atoms with Crippen LogP contribution in [0.3, 0.4) is 0 Å². The zero-order valence-electron chi connectivity index (χ0n) is 11.8. The SMILES string of the molecule is CCCNC(CCOC)CCC1CCCCC1. The van der Waals surface area contributed by atoms with Crippen LogP contribution in [0.4, 0.5) is 0 Å². The fourth-order valence-corrected chi connectivity index (χ4v) is 2.87. The summed E-state index contributed by atoms with van der Waals surface area (Å²) < 4.78 is 5.20. The summed E-state index contributed by atoms with van der Waals surface area (Å²) in [6.07, 6.45) is 12.5. The molecule has 1 fully saturated rings. The van der Waals surface area contributed by atoms with Crippen LogP contribution in [0.25, 0.3) is 0 Å². The van der Waals surface area contributed by atoms with Gasteiger partial charge in [0, 0.05) is 19.8 Å². The third kappa shape index (κ3) is 7.05. The van der Waals surface area contributed by atoms with Gasteiger partial charge in [0.2, 0.25) is 0 Å². The van der Waals surface area contributed by atoms with Crippen LogP contribution in [0.1, 0.15) is 64.7 Å². The van der Waals surface area contributed by atoms with Crippen LogP contribution in [0.15, 0.2) is 0 Å². The Hall–Kier alpha value is -0.0800. The van der Waals surface area contributed by atoms with Gasteiger partial charge in [0.15, 0.2) is 0 Å². The van der Waals surface area contributed by atoms with Crippen LogP contribution in [-0.2, 0) is 4.74 Å². The Balaban J connectivity index is 2.16. The van der Waals surface area contributed by atoms with Gasteiger partial charge in [-0.3, -0.25) is 0 Å². The van der Waals surface area contributed by atoms with Gasteiger partial charge in [-0.1, -0.05) is 39.0 Å². The summed E-state index contributed by atoms with van der Waals surface area (Å²) >= 11 is 0. The van der Waals surface area contributed by atoms with Crippen LogP contribution in [0, 0.1) is 5.92 Å². The molecule has 0 bridgehead atoms. The van der Waals surface area contributed by atoms with Crippen molar-refractivity contribution in [2.75, 3.05) is 20.3 Å². The van der Waals surface area contributed by atoms with Crippen LogP contribution in [-0.4, -0.2) is 26.3 Å². The van der Waals surface area contributed by atoms with Crippen LogP contribution in [0.2, 0.25) is 0 Å². The van der Waals surface area contributed by atoms with E-state index >= 15 is 0 Å². The molecule has 2 nitrogen and oxygen atoms in total. The Morgan fingerprint density at radius 3 is 2.59 bits per heavy atom. The molecule has 1 N–H and O–H groups in total. The molecule has 17 heavy (non-hydrogen) atoms. The van der Waals surface area contributed by atoms with Gasteiger partial charge in [-0.25, -0.2) is 0 Å². The van der Waals surface area contributed by atoms with Gasteiger partial charge in [0.25, 0.3) is 0 Å². The maximum absolute atomic E-state index is 5.20. The van der Waals surface area contributed by atoms with Gasteiger partial charge in [0.05, 0.1) is 0 Å². The Labute approximate surface area is 108 Å². The minimum absolute atomic E-state index is 0.678. The summed E-state index contributed by atoms with van der Waals surface area (Å²) in [6.45, 7) is 4.28. The molecule has 1 rings (SSSR count). The molecule has 0 spiro atoms. The van der Waals surface area contributed by atoms with E-state index in [1.165, 1.54) is 57.8 Å². The number of ether oxygens (including phenoxy) is 1. The lowest BCUT2D eigenvalue weighted by molar-refractivity contribution is 0.178. The van der Waals surface area contributed by atoms with E-state index < -0.39 is 0 Å². The maximum Gasteiger partial charge on any atom is 0.0477 e. The maximum atomic E-state index is 5.20. The molecule has 0 aromatic carbocycles. The van der Waals surface area contributed by atoms with Gasteiger partial charge in [0.1, 0.15) is 0 Å². The van der Waals surface area contributed by atoms with Crippen molar-refractivity contribution in [2.24, 2.45) is 5.92 Å². The smallest absolute Gasteiger partial charge is 0.0477 e. The van der Waals surface area contributed by atoms with E-state index in [0.29, 0.717) is 6.04 Å². The average molecular weight is 241 g/mol. The Kier molecular flexibility index (Phi) is 8.72. The number of methoxy groups -OCH3 is 1. The molecule has 0 amide bonds. The van der Waals surface area contributed by atoms with E-state index in [0.717, 1.165) is 19.1 Å². The Morgan fingerprint density at radius 2 is 1.94 bits per heavy atom. The zero-order valence-corrected chi connectivity index (χ0v) is 11.8. The highest BCUT2D eigenvalue weighted by Crippen LogP contribution is 2.27. The second-order valence-corrected chi connectivity index (χ2v) is 5.51. The summed E-state index contributed by atoms with van der Waals surface area (Å²) in [6, 6.07) is 0.678. The molecule has 0 radical (unpaired) electrons. The summed E-state index contributed by atoms with van der Waals surface area (Å²) in [4.78, 5) is 0. The Morgan fingerprint density at radius 1 is 1.18 bits per heavy atom. The quantitative estimate of drug-likeness (QED) is 0.664. The topological polar surface area (TPSA) is 21.3 Å². The largest absolute Gasteiger partial charge is 0.385 e. The van der Waals surface area contributed by atoms with Crippen molar-refractivity contribution in [3.05, 3.63) is 0 Å². The first-order chi connectivity index (χ1) is 8.36. The van der Waals surface area contributed by atoms with Crippen LogP contribution in [0.5, 0.6) is 0 Å². The van der Waals surface area contributed by atoms with E-state index in [9.17, 15) is 0 Å². The highest BCUT2D eigenvalue weighted by Gasteiger charge is 2.15. The molecule has 0 saturated heterocycles. The Bertz CT molecular complexity index is 158.